The van der Waals surface area contributed by atoms with Gasteiger partial charge in [-0.1, -0.05) is 30.3 Å². The zero-order valence-corrected chi connectivity index (χ0v) is 9.49. The van der Waals surface area contributed by atoms with Crippen LogP contribution in [0.4, 0.5) is 0 Å². The molecule has 2 nitrogen and oxygen atoms in total. The SMILES string of the molecule is CNC(c1ccccc1)C1(OC)CCC1. The molecule has 0 aromatic heterocycles. The number of hydrogen-bond donors (Lipinski definition) is 1. The predicted molar refractivity (Wildman–Crippen MR) is 61.8 cm³/mol. The molecule has 0 aliphatic heterocycles. The maximum absolute atomic E-state index is 5.72. The summed E-state index contributed by atoms with van der Waals surface area (Å²) in [6, 6.07) is 10.9. The maximum atomic E-state index is 5.72. The summed E-state index contributed by atoms with van der Waals surface area (Å²) in [5.74, 6) is 0. The Kier molecular flexibility index (Phi) is 3.08. The van der Waals surface area contributed by atoms with E-state index in [0.717, 1.165) is 12.8 Å². The van der Waals surface area contributed by atoms with Crippen molar-refractivity contribution in [2.75, 3.05) is 14.2 Å². The van der Waals surface area contributed by atoms with Gasteiger partial charge in [0, 0.05) is 7.11 Å². The molecule has 0 spiro atoms. The van der Waals surface area contributed by atoms with Gasteiger partial charge in [-0.2, -0.15) is 0 Å². The van der Waals surface area contributed by atoms with Crippen molar-refractivity contribution in [2.24, 2.45) is 0 Å². The van der Waals surface area contributed by atoms with Crippen LogP contribution >= 0.6 is 0 Å². The first kappa shape index (κ1) is 10.7. The lowest BCUT2D eigenvalue weighted by Gasteiger charge is -2.46. The molecule has 1 fully saturated rings. The molecule has 2 heteroatoms. The van der Waals surface area contributed by atoms with Gasteiger partial charge in [-0.15, -0.1) is 0 Å². The Hall–Kier alpha value is -0.860. The van der Waals surface area contributed by atoms with E-state index in [2.05, 4.69) is 35.6 Å². The van der Waals surface area contributed by atoms with E-state index in [1.807, 2.05) is 14.2 Å². The molecule has 1 N–H and O–H groups in total. The van der Waals surface area contributed by atoms with Gasteiger partial charge in [-0.05, 0) is 31.9 Å². The standard InChI is InChI=1S/C13H19NO/c1-14-12(11-7-4-3-5-8-11)13(15-2)9-6-10-13/h3-5,7-8,12,14H,6,9-10H2,1-2H3. The van der Waals surface area contributed by atoms with E-state index in [1.165, 1.54) is 12.0 Å². The maximum Gasteiger partial charge on any atom is 0.0872 e. The number of likely N-dealkylation sites (N-methyl/N-ethyl adjacent to an activating group) is 1. The van der Waals surface area contributed by atoms with E-state index in [0.29, 0.717) is 6.04 Å². The third-order valence-electron chi connectivity index (χ3n) is 3.55. The minimum Gasteiger partial charge on any atom is -0.376 e. The molecule has 82 valence electrons. The van der Waals surface area contributed by atoms with Crippen molar-refractivity contribution >= 4 is 0 Å². The van der Waals surface area contributed by atoms with E-state index in [4.69, 9.17) is 4.74 Å². The predicted octanol–water partition coefficient (Wildman–Crippen LogP) is 2.52. The molecule has 1 aromatic rings. The van der Waals surface area contributed by atoms with Gasteiger partial charge in [0.15, 0.2) is 0 Å². The lowest BCUT2D eigenvalue weighted by molar-refractivity contribution is -0.0983. The average Bonchev–Trinajstić information content (AvgIpc) is 2.24. The summed E-state index contributed by atoms with van der Waals surface area (Å²) in [5.41, 5.74) is 1.34. The second kappa shape index (κ2) is 4.33. The molecular weight excluding hydrogens is 186 g/mol. The van der Waals surface area contributed by atoms with Crippen molar-refractivity contribution < 1.29 is 4.74 Å². The van der Waals surface area contributed by atoms with E-state index in [9.17, 15) is 0 Å². The highest BCUT2D eigenvalue weighted by molar-refractivity contribution is 5.23. The highest BCUT2D eigenvalue weighted by Gasteiger charge is 2.44. The average molecular weight is 205 g/mol. The van der Waals surface area contributed by atoms with Gasteiger partial charge in [-0.3, -0.25) is 0 Å². The van der Waals surface area contributed by atoms with Crippen molar-refractivity contribution in [3.8, 4) is 0 Å². The highest BCUT2D eigenvalue weighted by atomic mass is 16.5. The molecule has 1 atom stereocenters. The van der Waals surface area contributed by atoms with E-state index in [1.54, 1.807) is 0 Å². The van der Waals surface area contributed by atoms with Gasteiger partial charge in [0.1, 0.15) is 0 Å². The largest absolute Gasteiger partial charge is 0.376 e. The molecule has 1 saturated carbocycles. The Labute approximate surface area is 91.6 Å². The third-order valence-corrected chi connectivity index (χ3v) is 3.55. The second-order valence-electron chi connectivity index (χ2n) is 4.25. The van der Waals surface area contributed by atoms with Crippen LogP contribution in [0.5, 0.6) is 0 Å². The molecule has 2 rings (SSSR count). The van der Waals surface area contributed by atoms with Crippen molar-refractivity contribution in [2.45, 2.75) is 30.9 Å². The molecule has 0 saturated heterocycles. The lowest BCUT2D eigenvalue weighted by Crippen LogP contribution is -2.49. The fourth-order valence-corrected chi connectivity index (χ4v) is 2.51. The van der Waals surface area contributed by atoms with Gasteiger partial charge < -0.3 is 10.1 Å². The van der Waals surface area contributed by atoms with Crippen molar-refractivity contribution in [3.63, 3.8) is 0 Å². The molecule has 0 amide bonds. The summed E-state index contributed by atoms with van der Waals surface area (Å²) in [5, 5.41) is 3.39. The van der Waals surface area contributed by atoms with Crippen LogP contribution in [-0.2, 0) is 4.74 Å². The molecule has 1 unspecified atom stereocenters. The molecule has 0 heterocycles. The molecular formula is C13H19NO. The number of rotatable bonds is 4. The van der Waals surface area contributed by atoms with Gasteiger partial charge in [-0.25, -0.2) is 0 Å². The third kappa shape index (κ3) is 1.80. The summed E-state index contributed by atoms with van der Waals surface area (Å²) < 4.78 is 5.72. The lowest BCUT2D eigenvalue weighted by atomic mass is 9.72. The van der Waals surface area contributed by atoms with Crippen LogP contribution < -0.4 is 5.32 Å². The van der Waals surface area contributed by atoms with Crippen LogP contribution in [0.1, 0.15) is 30.9 Å². The quantitative estimate of drug-likeness (QED) is 0.815. The van der Waals surface area contributed by atoms with Gasteiger partial charge in [0.25, 0.3) is 0 Å². The van der Waals surface area contributed by atoms with Crippen LogP contribution in [0, 0.1) is 0 Å². The molecule has 1 aliphatic rings. The number of hydrogen-bond acceptors (Lipinski definition) is 2. The first-order valence-corrected chi connectivity index (χ1v) is 5.60. The van der Waals surface area contributed by atoms with Gasteiger partial charge >= 0.3 is 0 Å². The molecule has 0 bridgehead atoms. The molecule has 1 aromatic carbocycles. The Morgan fingerprint density at radius 3 is 2.33 bits per heavy atom. The number of methoxy groups -OCH3 is 1. The zero-order chi connectivity index (χ0) is 10.7. The first-order valence-electron chi connectivity index (χ1n) is 5.60. The second-order valence-corrected chi connectivity index (χ2v) is 4.25. The summed E-state index contributed by atoms with van der Waals surface area (Å²) in [4.78, 5) is 0. The van der Waals surface area contributed by atoms with Gasteiger partial charge in [0.2, 0.25) is 0 Å². The van der Waals surface area contributed by atoms with Crippen LogP contribution in [0.3, 0.4) is 0 Å². The van der Waals surface area contributed by atoms with Crippen LogP contribution in [-0.4, -0.2) is 19.8 Å². The van der Waals surface area contributed by atoms with E-state index < -0.39 is 0 Å². The van der Waals surface area contributed by atoms with E-state index >= 15 is 0 Å². The minimum absolute atomic E-state index is 0.0239. The van der Waals surface area contributed by atoms with Crippen molar-refractivity contribution in [1.82, 2.24) is 5.32 Å². The normalized spacial score (nSPS) is 20.7. The summed E-state index contributed by atoms with van der Waals surface area (Å²) in [6.07, 6.45) is 3.59. The Morgan fingerprint density at radius 2 is 1.93 bits per heavy atom. The molecule has 1 aliphatic carbocycles. The van der Waals surface area contributed by atoms with Gasteiger partial charge in [0.05, 0.1) is 11.6 Å². The number of nitrogens with one attached hydrogen (secondary N) is 1. The summed E-state index contributed by atoms with van der Waals surface area (Å²) in [7, 11) is 3.84. The van der Waals surface area contributed by atoms with Crippen LogP contribution in [0.2, 0.25) is 0 Å². The fourth-order valence-electron chi connectivity index (χ4n) is 2.51. The van der Waals surface area contributed by atoms with Crippen molar-refractivity contribution in [1.29, 1.82) is 0 Å². The Morgan fingerprint density at radius 1 is 1.27 bits per heavy atom. The Bertz CT molecular complexity index is 300. The zero-order valence-electron chi connectivity index (χ0n) is 9.49. The minimum atomic E-state index is 0.0239. The molecule has 15 heavy (non-hydrogen) atoms. The fraction of sp³-hybridized carbons (Fsp3) is 0.538. The van der Waals surface area contributed by atoms with Crippen molar-refractivity contribution in [3.05, 3.63) is 35.9 Å². The Balaban J connectivity index is 2.24. The number of benzene rings is 1. The van der Waals surface area contributed by atoms with E-state index in [-0.39, 0.29) is 5.60 Å². The van der Waals surface area contributed by atoms with Crippen LogP contribution in [0.15, 0.2) is 30.3 Å². The highest BCUT2D eigenvalue weighted by Crippen LogP contribution is 2.44. The summed E-state index contributed by atoms with van der Waals surface area (Å²) >= 11 is 0. The monoisotopic (exact) mass is 205 g/mol. The molecule has 0 radical (unpaired) electrons. The van der Waals surface area contributed by atoms with Crippen LogP contribution in [0.25, 0.3) is 0 Å². The number of ether oxygens (including phenoxy) is 1. The smallest absolute Gasteiger partial charge is 0.0872 e. The first-order chi connectivity index (χ1) is 7.32. The topological polar surface area (TPSA) is 21.3 Å². The summed E-state index contributed by atoms with van der Waals surface area (Å²) in [6.45, 7) is 0.